The summed E-state index contributed by atoms with van der Waals surface area (Å²) < 4.78 is 0. The Balaban J connectivity index is 2.12. The van der Waals surface area contributed by atoms with E-state index in [-0.39, 0.29) is 11.6 Å². The molecule has 76 valence electrons. The maximum Gasteiger partial charge on any atom is 0.314 e. The van der Waals surface area contributed by atoms with Crippen LogP contribution in [0.3, 0.4) is 0 Å². The van der Waals surface area contributed by atoms with Gasteiger partial charge in [0.2, 0.25) is 0 Å². The lowest BCUT2D eigenvalue weighted by atomic mass is 9.89. The first-order valence-corrected chi connectivity index (χ1v) is 4.72. The number of hydrogen-bond acceptors (Lipinski definition) is 2. The quantitative estimate of drug-likeness (QED) is 0.672. The van der Waals surface area contributed by atoms with Gasteiger partial charge in [0.25, 0.3) is 0 Å². The first-order valence-electron chi connectivity index (χ1n) is 4.72. The van der Waals surface area contributed by atoms with Gasteiger partial charge < -0.3 is 16.4 Å². The maximum absolute atomic E-state index is 10.7. The second kappa shape index (κ2) is 3.54. The molecule has 13 heavy (non-hydrogen) atoms. The number of amides is 2. The minimum Gasteiger partial charge on any atom is -0.351 e. The highest BCUT2D eigenvalue weighted by Crippen LogP contribution is 2.22. The normalized spacial score (nSPS) is 18.5. The van der Waals surface area contributed by atoms with Crippen LogP contribution in [-0.4, -0.2) is 29.6 Å². The van der Waals surface area contributed by atoms with E-state index in [1.165, 1.54) is 0 Å². The van der Waals surface area contributed by atoms with Gasteiger partial charge in [-0.25, -0.2) is 4.79 Å². The van der Waals surface area contributed by atoms with Crippen LogP contribution in [0.5, 0.6) is 0 Å². The van der Waals surface area contributed by atoms with Crippen molar-refractivity contribution in [1.82, 2.24) is 4.90 Å². The summed E-state index contributed by atoms with van der Waals surface area (Å²) in [5.74, 6) is 0.607. The fourth-order valence-electron chi connectivity index (χ4n) is 1.51. The fourth-order valence-corrected chi connectivity index (χ4v) is 1.51. The molecule has 0 atom stereocenters. The Labute approximate surface area is 79.3 Å². The summed E-state index contributed by atoms with van der Waals surface area (Å²) >= 11 is 0. The lowest BCUT2D eigenvalue weighted by Gasteiger charge is -2.39. The SMILES string of the molecule is CC(C)(N)CCC1CN(C(N)=O)C1. The van der Waals surface area contributed by atoms with Gasteiger partial charge in [-0.3, -0.25) is 0 Å². The van der Waals surface area contributed by atoms with Gasteiger partial charge in [0.15, 0.2) is 0 Å². The number of nitrogens with zero attached hydrogens (tertiary/aromatic N) is 1. The highest BCUT2D eigenvalue weighted by atomic mass is 16.2. The summed E-state index contributed by atoms with van der Waals surface area (Å²) in [6, 6.07) is -0.303. The van der Waals surface area contributed by atoms with Crippen molar-refractivity contribution >= 4 is 6.03 Å². The van der Waals surface area contributed by atoms with Gasteiger partial charge in [-0.1, -0.05) is 0 Å². The van der Waals surface area contributed by atoms with E-state index < -0.39 is 0 Å². The Hall–Kier alpha value is -0.770. The summed E-state index contributed by atoms with van der Waals surface area (Å²) in [7, 11) is 0. The van der Waals surface area contributed by atoms with Crippen LogP contribution in [0.4, 0.5) is 4.79 Å². The molecule has 1 aliphatic heterocycles. The molecule has 0 spiro atoms. The summed E-state index contributed by atoms with van der Waals surface area (Å²) in [6.45, 7) is 5.67. The molecule has 1 heterocycles. The number of carbonyl (C=O) groups is 1. The summed E-state index contributed by atoms with van der Waals surface area (Å²) in [5.41, 5.74) is 10.9. The highest BCUT2D eigenvalue weighted by Gasteiger charge is 2.29. The van der Waals surface area contributed by atoms with Crippen molar-refractivity contribution in [2.45, 2.75) is 32.2 Å². The monoisotopic (exact) mass is 185 g/mol. The standard InChI is InChI=1S/C9H19N3O/c1-9(2,11)4-3-7-5-12(6-7)8(10)13/h7H,3-6,11H2,1-2H3,(H2,10,13). The lowest BCUT2D eigenvalue weighted by molar-refractivity contribution is 0.117. The Morgan fingerprint density at radius 1 is 1.54 bits per heavy atom. The van der Waals surface area contributed by atoms with Crippen molar-refractivity contribution in [1.29, 1.82) is 0 Å². The number of nitrogens with two attached hydrogens (primary N) is 2. The molecular weight excluding hydrogens is 166 g/mol. The molecule has 0 unspecified atom stereocenters. The van der Waals surface area contributed by atoms with Crippen LogP contribution >= 0.6 is 0 Å². The molecule has 4 heteroatoms. The van der Waals surface area contributed by atoms with E-state index in [1.807, 2.05) is 13.8 Å². The van der Waals surface area contributed by atoms with E-state index in [4.69, 9.17) is 11.5 Å². The van der Waals surface area contributed by atoms with Crippen LogP contribution in [0.15, 0.2) is 0 Å². The largest absolute Gasteiger partial charge is 0.351 e. The van der Waals surface area contributed by atoms with Crippen LogP contribution in [0.2, 0.25) is 0 Å². The third kappa shape index (κ3) is 3.22. The van der Waals surface area contributed by atoms with Gasteiger partial charge >= 0.3 is 6.03 Å². The van der Waals surface area contributed by atoms with Crippen molar-refractivity contribution in [3.05, 3.63) is 0 Å². The summed E-state index contributed by atoms with van der Waals surface area (Å²) in [5, 5.41) is 0. The average Bonchev–Trinajstić information content (AvgIpc) is 1.79. The van der Waals surface area contributed by atoms with E-state index in [0.29, 0.717) is 5.92 Å². The number of likely N-dealkylation sites (tertiary alicyclic amines) is 1. The molecule has 2 amide bonds. The Kier molecular flexibility index (Phi) is 2.81. The highest BCUT2D eigenvalue weighted by molar-refractivity contribution is 5.72. The zero-order chi connectivity index (χ0) is 10.1. The minimum atomic E-state index is -0.303. The van der Waals surface area contributed by atoms with Crippen LogP contribution in [0, 0.1) is 5.92 Å². The van der Waals surface area contributed by atoms with Gasteiger partial charge in [-0.15, -0.1) is 0 Å². The maximum atomic E-state index is 10.7. The molecule has 1 saturated heterocycles. The zero-order valence-corrected chi connectivity index (χ0v) is 8.42. The van der Waals surface area contributed by atoms with Gasteiger partial charge in [0, 0.05) is 18.6 Å². The predicted molar refractivity (Wildman–Crippen MR) is 52.1 cm³/mol. The summed E-state index contributed by atoms with van der Waals surface area (Å²) in [6.07, 6.45) is 2.09. The van der Waals surface area contributed by atoms with Crippen molar-refractivity contribution in [2.24, 2.45) is 17.4 Å². The fraction of sp³-hybridized carbons (Fsp3) is 0.889. The Bertz CT molecular complexity index is 192. The van der Waals surface area contributed by atoms with E-state index in [1.54, 1.807) is 4.90 Å². The molecule has 4 N–H and O–H groups in total. The molecule has 0 bridgehead atoms. The molecule has 0 aromatic heterocycles. The Morgan fingerprint density at radius 3 is 2.46 bits per heavy atom. The summed E-state index contributed by atoms with van der Waals surface area (Å²) in [4.78, 5) is 12.3. The topological polar surface area (TPSA) is 72.3 Å². The number of hydrogen-bond donors (Lipinski definition) is 2. The third-order valence-corrected chi connectivity index (χ3v) is 2.47. The molecule has 1 aliphatic rings. The first-order chi connectivity index (χ1) is 5.88. The number of primary amides is 1. The molecule has 0 aromatic rings. The number of urea groups is 1. The van der Waals surface area contributed by atoms with Crippen LogP contribution < -0.4 is 11.5 Å². The zero-order valence-electron chi connectivity index (χ0n) is 8.42. The van der Waals surface area contributed by atoms with Gasteiger partial charge in [-0.05, 0) is 32.6 Å². The van der Waals surface area contributed by atoms with Crippen molar-refractivity contribution < 1.29 is 4.79 Å². The predicted octanol–water partition coefficient (Wildman–Crippen LogP) is 0.514. The van der Waals surface area contributed by atoms with E-state index in [2.05, 4.69) is 0 Å². The second-order valence-corrected chi connectivity index (χ2v) is 4.64. The Morgan fingerprint density at radius 2 is 2.08 bits per heavy atom. The molecule has 0 radical (unpaired) electrons. The number of carbonyl (C=O) groups excluding carboxylic acids is 1. The van der Waals surface area contributed by atoms with Gasteiger partial charge in [0.05, 0.1) is 0 Å². The molecule has 1 fully saturated rings. The van der Waals surface area contributed by atoms with Gasteiger partial charge in [0.1, 0.15) is 0 Å². The van der Waals surface area contributed by atoms with Crippen molar-refractivity contribution in [3.63, 3.8) is 0 Å². The van der Waals surface area contributed by atoms with Gasteiger partial charge in [-0.2, -0.15) is 0 Å². The second-order valence-electron chi connectivity index (χ2n) is 4.64. The number of rotatable bonds is 3. The molecule has 1 rings (SSSR count). The van der Waals surface area contributed by atoms with E-state index >= 15 is 0 Å². The van der Waals surface area contributed by atoms with E-state index in [0.717, 1.165) is 25.9 Å². The molecule has 0 aromatic carbocycles. The molecule has 0 saturated carbocycles. The lowest BCUT2D eigenvalue weighted by Crippen LogP contribution is -2.52. The first kappa shape index (κ1) is 10.3. The molecule has 0 aliphatic carbocycles. The van der Waals surface area contributed by atoms with Crippen molar-refractivity contribution in [3.8, 4) is 0 Å². The average molecular weight is 185 g/mol. The molecule has 4 nitrogen and oxygen atoms in total. The van der Waals surface area contributed by atoms with E-state index in [9.17, 15) is 4.79 Å². The smallest absolute Gasteiger partial charge is 0.314 e. The van der Waals surface area contributed by atoms with Crippen LogP contribution in [0.25, 0.3) is 0 Å². The third-order valence-electron chi connectivity index (χ3n) is 2.47. The van der Waals surface area contributed by atoms with Crippen LogP contribution in [0.1, 0.15) is 26.7 Å². The van der Waals surface area contributed by atoms with Crippen molar-refractivity contribution in [2.75, 3.05) is 13.1 Å². The molecular formula is C9H19N3O. The minimum absolute atomic E-state index is 0.0901. The van der Waals surface area contributed by atoms with Crippen LogP contribution in [-0.2, 0) is 0 Å².